The Balaban J connectivity index is 0.00000264. The molecule has 23 heavy (non-hydrogen) atoms. The van der Waals surface area contributed by atoms with Gasteiger partial charge in [-0.1, -0.05) is 12.1 Å². The van der Waals surface area contributed by atoms with Gasteiger partial charge in [-0.25, -0.2) is 0 Å². The highest BCUT2D eigenvalue weighted by atomic mass is 35.5. The van der Waals surface area contributed by atoms with Crippen LogP contribution >= 0.6 is 12.4 Å². The third-order valence-corrected chi connectivity index (χ3v) is 4.19. The van der Waals surface area contributed by atoms with Gasteiger partial charge in [0.15, 0.2) is 0 Å². The number of halogens is 1. The molecule has 1 fully saturated rings. The quantitative estimate of drug-likeness (QED) is 0.884. The summed E-state index contributed by atoms with van der Waals surface area (Å²) in [5, 5.41) is 6.26. The Morgan fingerprint density at radius 3 is 2.39 bits per heavy atom. The van der Waals surface area contributed by atoms with E-state index in [1.807, 2.05) is 31.2 Å². The van der Waals surface area contributed by atoms with Crippen molar-refractivity contribution in [2.24, 2.45) is 0 Å². The van der Waals surface area contributed by atoms with E-state index in [-0.39, 0.29) is 24.2 Å². The second kappa shape index (κ2) is 8.31. The van der Waals surface area contributed by atoms with Crippen LogP contribution in [0.5, 0.6) is 0 Å². The predicted molar refractivity (Wildman–Crippen MR) is 95.0 cm³/mol. The maximum Gasteiger partial charge on any atom is 0.244 e. The molecule has 1 saturated heterocycles. The fourth-order valence-corrected chi connectivity index (χ4v) is 2.56. The zero-order chi connectivity index (χ0) is 16.2. The van der Waals surface area contributed by atoms with Crippen LogP contribution in [0.15, 0.2) is 24.3 Å². The van der Waals surface area contributed by atoms with Crippen molar-refractivity contribution in [1.82, 2.24) is 10.2 Å². The van der Waals surface area contributed by atoms with Crippen molar-refractivity contribution < 1.29 is 9.59 Å². The number of benzene rings is 1. The summed E-state index contributed by atoms with van der Waals surface area (Å²) in [6.45, 7) is 2.83. The van der Waals surface area contributed by atoms with Gasteiger partial charge in [-0.3, -0.25) is 9.59 Å². The third-order valence-electron chi connectivity index (χ3n) is 4.19. The summed E-state index contributed by atoms with van der Waals surface area (Å²) in [7, 11) is 3.49. The minimum Gasteiger partial charge on any atom is -0.349 e. The van der Waals surface area contributed by atoms with Crippen LogP contribution in [-0.4, -0.2) is 42.9 Å². The minimum atomic E-state index is -0.488. The number of piperidine rings is 1. The Morgan fingerprint density at radius 2 is 1.87 bits per heavy atom. The first-order valence-corrected chi connectivity index (χ1v) is 7.76. The second-order valence-corrected chi connectivity index (χ2v) is 6.33. The molecule has 0 spiro atoms. The predicted octanol–water partition coefficient (Wildman–Crippen LogP) is 2.21. The molecule has 5 nitrogen and oxygen atoms in total. The number of nitrogens with zero attached hydrogens (tertiary/aromatic N) is 1. The number of hydrogen-bond acceptors (Lipinski definition) is 3. The van der Waals surface area contributed by atoms with Crippen LogP contribution in [0.1, 0.15) is 31.7 Å². The molecule has 2 amide bonds. The molecule has 0 saturated carbocycles. The van der Waals surface area contributed by atoms with E-state index in [1.165, 1.54) is 0 Å². The molecule has 1 aromatic carbocycles. The topological polar surface area (TPSA) is 61.4 Å². The van der Waals surface area contributed by atoms with Crippen molar-refractivity contribution in [3.05, 3.63) is 29.8 Å². The lowest BCUT2D eigenvalue weighted by atomic mass is 9.90. The molecule has 1 atom stereocenters. The average Bonchev–Trinajstić information content (AvgIpc) is 2.49. The van der Waals surface area contributed by atoms with Gasteiger partial charge in [0.2, 0.25) is 11.8 Å². The lowest BCUT2D eigenvalue weighted by Crippen LogP contribution is -2.54. The number of anilines is 1. The Bertz CT molecular complexity index is 537. The highest BCUT2D eigenvalue weighted by Gasteiger charge is 2.34. The normalized spacial score (nSPS) is 20.3. The number of likely N-dealkylation sites (N-methyl/N-ethyl adjacent to an activating group) is 1. The third kappa shape index (κ3) is 5.22. The molecule has 0 aliphatic carbocycles. The van der Waals surface area contributed by atoms with Crippen molar-refractivity contribution in [3.8, 4) is 0 Å². The van der Waals surface area contributed by atoms with E-state index in [1.54, 1.807) is 19.0 Å². The first-order chi connectivity index (χ1) is 10.4. The molecular weight excluding hydrogens is 314 g/mol. The number of rotatable bonds is 4. The van der Waals surface area contributed by atoms with Crippen LogP contribution in [-0.2, 0) is 16.0 Å². The van der Waals surface area contributed by atoms with Gasteiger partial charge in [-0.2, -0.15) is 0 Å². The fourth-order valence-electron chi connectivity index (χ4n) is 2.56. The average molecular weight is 340 g/mol. The van der Waals surface area contributed by atoms with E-state index in [0.717, 1.165) is 37.1 Å². The Kier molecular flexibility index (Phi) is 7.03. The molecule has 0 bridgehead atoms. The molecule has 0 radical (unpaired) electrons. The van der Waals surface area contributed by atoms with E-state index >= 15 is 0 Å². The number of carbonyl (C=O) groups excluding carboxylic acids is 2. The van der Waals surface area contributed by atoms with E-state index < -0.39 is 5.54 Å². The summed E-state index contributed by atoms with van der Waals surface area (Å²) in [5.41, 5.74) is 1.22. The fraction of sp³-hybridized carbons (Fsp3) is 0.529. The number of carbonyl (C=O) groups is 2. The van der Waals surface area contributed by atoms with Gasteiger partial charge in [-0.05, 0) is 50.4 Å². The molecule has 1 aliphatic rings. The first kappa shape index (κ1) is 19.5. The summed E-state index contributed by atoms with van der Waals surface area (Å²) < 4.78 is 0. The van der Waals surface area contributed by atoms with E-state index in [2.05, 4.69) is 10.6 Å². The number of amides is 2. The molecule has 1 heterocycles. The van der Waals surface area contributed by atoms with Gasteiger partial charge in [0.25, 0.3) is 0 Å². The summed E-state index contributed by atoms with van der Waals surface area (Å²) in [6.07, 6.45) is 3.43. The highest BCUT2D eigenvalue weighted by Crippen LogP contribution is 2.21. The Labute approximate surface area is 144 Å². The smallest absolute Gasteiger partial charge is 0.244 e. The van der Waals surface area contributed by atoms with Gasteiger partial charge in [0.1, 0.15) is 0 Å². The molecule has 6 heteroatoms. The van der Waals surface area contributed by atoms with E-state index in [0.29, 0.717) is 6.42 Å². The van der Waals surface area contributed by atoms with E-state index in [9.17, 15) is 9.59 Å². The Hall–Kier alpha value is -1.59. The zero-order valence-corrected chi connectivity index (χ0v) is 14.8. The van der Waals surface area contributed by atoms with Crippen molar-refractivity contribution in [3.63, 3.8) is 0 Å². The summed E-state index contributed by atoms with van der Waals surface area (Å²) in [4.78, 5) is 25.7. The van der Waals surface area contributed by atoms with Gasteiger partial charge in [-0.15, -0.1) is 12.4 Å². The standard InChI is InChI=1S/C17H25N3O2.ClH/c1-17(10-4-5-11-18-17)16(22)19-14-8-6-13(7-9-14)12-15(21)20(2)3;/h6-9,18H,4-5,10-12H2,1-3H3,(H,19,22);1H. The van der Waals surface area contributed by atoms with Crippen molar-refractivity contribution in [1.29, 1.82) is 0 Å². The lowest BCUT2D eigenvalue weighted by Gasteiger charge is -2.33. The molecule has 2 N–H and O–H groups in total. The monoisotopic (exact) mass is 339 g/mol. The van der Waals surface area contributed by atoms with Crippen LogP contribution in [0.4, 0.5) is 5.69 Å². The summed E-state index contributed by atoms with van der Waals surface area (Å²) in [6, 6.07) is 7.46. The molecule has 0 aromatic heterocycles. The Morgan fingerprint density at radius 1 is 1.22 bits per heavy atom. The van der Waals surface area contributed by atoms with Crippen LogP contribution in [0.25, 0.3) is 0 Å². The minimum absolute atomic E-state index is 0. The van der Waals surface area contributed by atoms with Crippen molar-refractivity contribution >= 4 is 29.9 Å². The SMILES string of the molecule is CN(C)C(=O)Cc1ccc(NC(=O)C2(C)CCCCN2)cc1.Cl. The maximum atomic E-state index is 12.4. The first-order valence-electron chi connectivity index (χ1n) is 7.76. The molecule has 128 valence electrons. The van der Waals surface area contributed by atoms with Crippen LogP contribution in [0.2, 0.25) is 0 Å². The molecule has 1 unspecified atom stereocenters. The largest absolute Gasteiger partial charge is 0.349 e. The molecular formula is C17H26ClN3O2. The number of nitrogens with one attached hydrogen (secondary N) is 2. The molecule has 2 rings (SSSR count). The summed E-state index contributed by atoms with van der Waals surface area (Å²) in [5.74, 6) is 0.0695. The van der Waals surface area contributed by atoms with E-state index in [4.69, 9.17) is 0 Å². The highest BCUT2D eigenvalue weighted by molar-refractivity contribution is 5.97. The van der Waals surface area contributed by atoms with Gasteiger partial charge >= 0.3 is 0 Å². The van der Waals surface area contributed by atoms with Crippen LogP contribution < -0.4 is 10.6 Å². The lowest BCUT2D eigenvalue weighted by molar-refractivity contribution is -0.128. The van der Waals surface area contributed by atoms with Crippen LogP contribution in [0, 0.1) is 0 Å². The van der Waals surface area contributed by atoms with Crippen molar-refractivity contribution in [2.75, 3.05) is 26.0 Å². The second-order valence-electron chi connectivity index (χ2n) is 6.33. The molecule has 1 aliphatic heterocycles. The zero-order valence-electron chi connectivity index (χ0n) is 14.0. The maximum absolute atomic E-state index is 12.4. The van der Waals surface area contributed by atoms with Gasteiger partial charge < -0.3 is 15.5 Å². The summed E-state index contributed by atoms with van der Waals surface area (Å²) >= 11 is 0. The van der Waals surface area contributed by atoms with Crippen LogP contribution in [0.3, 0.4) is 0 Å². The van der Waals surface area contributed by atoms with Gasteiger partial charge in [0.05, 0.1) is 12.0 Å². The molecule has 1 aromatic rings. The van der Waals surface area contributed by atoms with Gasteiger partial charge in [0, 0.05) is 19.8 Å². The van der Waals surface area contributed by atoms with Crippen molar-refractivity contribution in [2.45, 2.75) is 38.1 Å². The number of hydrogen-bond donors (Lipinski definition) is 2.